The van der Waals surface area contributed by atoms with E-state index in [2.05, 4.69) is 4.98 Å². The second kappa shape index (κ2) is 7.49. The van der Waals surface area contributed by atoms with E-state index in [4.69, 9.17) is 14.7 Å². The van der Waals surface area contributed by atoms with Crippen LogP contribution in [0.2, 0.25) is 0 Å². The molecule has 0 unspecified atom stereocenters. The summed E-state index contributed by atoms with van der Waals surface area (Å²) in [5.41, 5.74) is 1.86. The van der Waals surface area contributed by atoms with Gasteiger partial charge in [-0.25, -0.2) is 9.78 Å². The van der Waals surface area contributed by atoms with E-state index in [1.165, 1.54) is 10.5 Å². The van der Waals surface area contributed by atoms with Crippen LogP contribution < -0.4 is 10.3 Å². The Balaban J connectivity index is 1.63. The van der Waals surface area contributed by atoms with Gasteiger partial charge in [0.1, 0.15) is 24.1 Å². The van der Waals surface area contributed by atoms with Gasteiger partial charge in [0, 0.05) is 12.3 Å². The Labute approximate surface area is 149 Å². The molecule has 0 aliphatic heterocycles. The fourth-order valence-electron chi connectivity index (χ4n) is 2.35. The molecular weight excluding hydrogens is 334 g/mol. The van der Waals surface area contributed by atoms with E-state index in [1.807, 2.05) is 19.1 Å². The summed E-state index contributed by atoms with van der Waals surface area (Å²) in [5, 5.41) is 8.98. The number of nitriles is 1. The first kappa shape index (κ1) is 17.2. The van der Waals surface area contributed by atoms with Crippen LogP contribution in [-0.2, 0) is 16.1 Å². The molecule has 7 heteroatoms. The van der Waals surface area contributed by atoms with Crippen molar-refractivity contribution < 1.29 is 14.3 Å². The number of fused-ring (bicyclic) bond motifs is 1. The largest absolute Gasteiger partial charge is 0.481 e. The van der Waals surface area contributed by atoms with E-state index in [-0.39, 0.29) is 18.8 Å². The van der Waals surface area contributed by atoms with E-state index in [0.717, 1.165) is 5.56 Å². The standard InChI is InChI=1S/C19H15N3O4/c1-13-6-7-17-21-15(8-18(23)22(17)10-13)11-26-19(24)12-25-16-5-3-2-4-14(16)9-20/h2-8,10H,11-12H2,1H3. The zero-order chi connectivity index (χ0) is 18.5. The zero-order valence-electron chi connectivity index (χ0n) is 14.0. The summed E-state index contributed by atoms with van der Waals surface area (Å²) in [6.07, 6.45) is 1.70. The Kier molecular flexibility index (Phi) is 4.94. The summed E-state index contributed by atoms with van der Waals surface area (Å²) in [4.78, 5) is 28.2. The van der Waals surface area contributed by atoms with Crippen molar-refractivity contribution >= 4 is 11.6 Å². The average Bonchev–Trinajstić information content (AvgIpc) is 2.65. The number of hydrogen-bond donors (Lipinski definition) is 0. The summed E-state index contributed by atoms with van der Waals surface area (Å²) in [6, 6.07) is 13.5. The highest BCUT2D eigenvalue weighted by molar-refractivity contribution is 5.71. The lowest BCUT2D eigenvalue weighted by atomic mass is 10.2. The summed E-state index contributed by atoms with van der Waals surface area (Å²) >= 11 is 0. The highest BCUT2D eigenvalue weighted by Crippen LogP contribution is 2.16. The molecule has 2 aromatic heterocycles. The van der Waals surface area contributed by atoms with Crippen LogP contribution in [0, 0.1) is 18.3 Å². The van der Waals surface area contributed by atoms with Gasteiger partial charge in [-0.15, -0.1) is 0 Å². The van der Waals surface area contributed by atoms with Crippen LogP contribution in [0.15, 0.2) is 53.5 Å². The van der Waals surface area contributed by atoms with E-state index >= 15 is 0 Å². The van der Waals surface area contributed by atoms with Crippen molar-refractivity contribution in [3.63, 3.8) is 0 Å². The Morgan fingerprint density at radius 1 is 1.27 bits per heavy atom. The maximum atomic E-state index is 12.1. The maximum absolute atomic E-state index is 12.1. The van der Waals surface area contributed by atoms with Gasteiger partial charge < -0.3 is 9.47 Å². The molecule has 7 nitrogen and oxygen atoms in total. The Morgan fingerprint density at radius 3 is 2.88 bits per heavy atom. The number of aromatic nitrogens is 2. The molecule has 3 rings (SSSR count). The highest BCUT2D eigenvalue weighted by Gasteiger charge is 2.09. The van der Waals surface area contributed by atoms with Gasteiger partial charge in [-0.05, 0) is 30.7 Å². The van der Waals surface area contributed by atoms with Gasteiger partial charge >= 0.3 is 5.97 Å². The van der Waals surface area contributed by atoms with Crippen molar-refractivity contribution in [2.75, 3.05) is 6.61 Å². The molecule has 0 saturated heterocycles. The molecule has 3 aromatic rings. The second-order valence-corrected chi connectivity index (χ2v) is 5.58. The molecule has 1 aromatic carbocycles. The topological polar surface area (TPSA) is 93.7 Å². The number of para-hydroxylation sites is 1. The Bertz CT molecular complexity index is 1070. The Morgan fingerprint density at radius 2 is 2.08 bits per heavy atom. The summed E-state index contributed by atoms with van der Waals surface area (Å²) in [6.45, 7) is 1.40. The third-order valence-corrected chi connectivity index (χ3v) is 3.59. The van der Waals surface area contributed by atoms with Crippen LogP contribution in [0.3, 0.4) is 0 Å². The van der Waals surface area contributed by atoms with Crippen molar-refractivity contribution in [1.82, 2.24) is 9.38 Å². The van der Waals surface area contributed by atoms with Crippen molar-refractivity contribution in [2.45, 2.75) is 13.5 Å². The SMILES string of the molecule is Cc1ccc2nc(COC(=O)COc3ccccc3C#N)cc(=O)n2c1. The van der Waals surface area contributed by atoms with Gasteiger partial charge in [0.25, 0.3) is 5.56 Å². The molecule has 0 N–H and O–H groups in total. The van der Waals surface area contributed by atoms with Crippen LogP contribution in [0.25, 0.3) is 5.65 Å². The minimum absolute atomic E-state index is 0.137. The average molecular weight is 349 g/mol. The first-order chi connectivity index (χ1) is 12.6. The van der Waals surface area contributed by atoms with Crippen molar-refractivity contribution in [3.8, 4) is 11.8 Å². The summed E-state index contributed by atoms with van der Waals surface area (Å²) in [7, 11) is 0. The molecule has 0 atom stereocenters. The van der Waals surface area contributed by atoms with Crippen LogP contribution in [0.1, 0.15) is 16.8 Å². The number of carbonyl (C=O) groups is 1. The molecule has 0 aliphatic rings. The lowest BCUT2D eigenvalue weighted by Crippen LogP contribution is -2.19. The van der Waals surface area contributed by atoms with E-state index in [9.17, 15) is 9.59 Å². The molecule has 130 valence electrons. The first-order valence-electron chi connectivity index (χ1n) is 7.83. The number of hydrogen-bond acceptors (Lipinski definition) is 6. The molecule has 0 bridgehead atoms. The molecule has 0 spiro atoms. The molecule has 0 aliphatic carbocycles. The molecule has 0 radical (unpaired) electrons. The van der Waals surface area contributed by atoms with Crippen LogP contribution in [-0.4, -0.2) is 22.0 Å². The monoisotopic (exact) mass is 349 g/mol. The third-order valence-electron chi connectivity index (χ3n) is 3.59. The van der Waals surface area contributed by atoms with Crippen LogP contribution in [0.5, 0.6) is 5.75 Å². The molecule has 0 amide bonds. The van der Waals surface area contributed by atoms with Crippen LogP contribution >= 0.6 is 0 Å². The quantitative estimate of drug-likeness (QED) is 0.654. The normalized spacial score (nSPS) is 10.3. The summed E-state index contributed by atoms with van der Waals surface area (Å²) < 4.78 is 11.8. The van der Waals surface area contributed by atoms with Gasteiger partial charge in [-0.1, -0.05) is 18.2 Å². The van der Waals surface area contributed by atoms with Gasteiger partial charge in [0.05, 0.1) is 11.3 Å². The molecule has 0 fully saturated rings. The lowest BCUT2D eigenvalue weighted by Gasteiger charge is -2.08. The fraction of sp³-hybridized carbons (Fsp3) is 0.158. The first-order valence-corrected chi connectivity index (χ1v) is 7.83. The molecule has 0 saturated carbocycles. The van der Waals surface area contributed by atoms with Gasteiger partial charge in [-0.3, -0.25) is 9.20 Å². The van der Waals surface area contributed by atoms with E-state index in [0.29, 0.717) is 22.7 Å². The predicted octanol–water partition coefficient (Wildman–Crippen LogP) is 2.00. The number of benzene rings is 1. The number of ether oxygens (including phenoxy) is 2. The fourth-order valence-corrected chi connectivity index (χ4v) is 2.35. The number of aryl methyl sites for hydroxylation is 1. The third kappa shape index (κ3) is 3.87. The van der Waals surface area contributed by atoms with Crippen LogP contribution in [0.4, 0.5) is 0 Å². The van der Waals surface area contributed by atoms with Crippen molar-refractivity contribution in [3.05, 3.63) is 75.8 Å². The number of carbonyl (C=O) groups excluding carboxylic acids is 1. The van der Waals surface area contributed by atoms with Gasteiger partial charge in [0.15, 0.2) is 6.61 Å². The van der Waals surface area contributed by atoms with Crippen molar-refractivity contribution in [2.24, 2.45) is 0 Å². The number of nitrogens with zero attached hydrogens (tertiary/aromatic N) is 3. The minimum Gasteiger partial charge on any atom is -0.481 e. The van der Waals surface area contributed by atoms with Gasteiger partial charge in [-0.2, -0.15) is 5.26 Å². The van der Waals surface area contributed by atoms with Crippen molar-refractivity contribution in [1.29, 1.82) is 5.26 Å². The number of rotatable bonds is 5. The minimum atomic E-state index is -0.622. The number of pyridine rings is 1. The van der Waals surface area contributed by atoms with E-state index < -0.39 is 5.97 Å². The molecule has 26 heavy (non-hydrogen) atoms. The van der Waals surface area contributed by atoms with Gasteiger partial charge in [0.2, 0.25) is 0 Å². The molecule has 2 heterocycles. The maximum Gasteiger partial charge on any atom is 0.344 e. The van der Waals surface area contributed by atoms with E-state index in [1.54, 1.807) is 36.5 Å². The lowest BCUT2D eigenvalue weighted by molar-refractivity contribution is -0.147. The number of esters is 1. The Hall–Kier alpha value is -3.66. The smallest absolute Gasteiger partial charge is 0.344 e. The second-order valence-electron chi connectivity index (χ2n) is 5.58. The summed E-state index contributed by atoms with van der Waals surface area (Å²) in [5.74, 6) is -0.312. The predicted molar refractivity (Wildman–Crippen MR) is 92.6 cm³/mol. The highest BCUT2D eigenvalue weighted by atomic mass is 16.6. The zero-order valence-corrected chi connectivity index (χ0v) is 14.0. The molecular formula is C19H15N3O4.